The van der Waals surface area contributed by atoms with Crippen molar-refractivity contribution in [2.45, 2.75) is 19.3 Å². The van der Waals surface area contributed by atoms with Gasteiger partial charge in [0.2, 0.25) is 17.6 Å². The molecule has 27 heavy (non-hydrogen) atoms. The number of hydrogen-bond donors (Lipinski definition) is 0. The largest absolute Gasteiger partial charge is 0.339 e. The molecule has 1 amide bonds. The fourth-order valence-corrected chi connectivity index (χ4v) is 3.50. The average molecular weight is 406 g/mol. The monoisotopic (exact) mass is 405 g/mol. The fraction of sp³-hybridized carbons (Fsp3) is 0.211. The Kier molecular flexibility index (Phi) is 4.61. The van der Waals surface area contributed by atoms with Gasteiger partial charge in [0.25, 0.3) is 0 Å². The fourth-order valence-electron chi connectivity index (χ4n) is 3.15. The minimum atomic E-state index is -0.516. The van der Waals surface area contributed by atoms with Crippen molar-refractivity contribution >= 4 is 34.8 Å². The van der Waals surface area contributed by atoms with E-state index >= 15 is 0 Å². The summed E-state index contributed by atoms with van der Waals surface area (Å²) < 4.78 is 18.7. The molecule has 1 aromatic heterocycles. The Labute approximate surface area is 164 Å². The second-order valence-electron chi connectivity index (χ2n) is 6.37. The molecule has 138 valence electrons. The number of aromatic nitrogens is 2. The lowest BCUT2D eigenvalue weighted by Crippen LogP contribution is -2.25. The summed E-state index contributed by atoms with van der Waals surface area (Å²) in [6.45, 7) is 2.30. The molecule has 1 atom stereocenters. The Morgan fingerprint density at radius 3 is 2.81 bits per heavy atom. The molecule has 1 aliphatic heterocycles. The summed E-state index contributed by atoms with van der Waals surface area (Å²) in [5, 5.41) is 4.53. The van der Waals surface area contributed by atoms with Crippen molar-refractivity contribution < 1.29 is 13.7 Å². The normalized spacial score (nSPS) is 17.0. The van der Waals surface area contributed by atoms with Gasteiger partial charge in [-0.05, 0) is 42.8 Å². The number of benzene rings is 2. The molecule has 0 aliphatic carbocycles. The molecule has 5 nitrogen and oxygen atoms in total. The van der Waals surface area contributed by atoms with Crippen molar-refractivity contribution in [3.05, 3.63) is 63.7 Å². The standard InChI is InChI=1S/C19H14Cl2FN3O2/c1-10-13(20)3-2-4-16(10)25-9-12(8-17(25)26)19-23-18(24-27-19)11-5-6-15(22)14(21)7-11/h2-7,12H,8-9H2,1H3. The quantitative estimate of drug-likeness (QED) is 0.614. The van der Waals surface area contributed by atoms with Gasteiger partial charge in [-0.25, -0.2) is 4.39 Å². The lowest BCUT2D eigenvalue weighted by atomic mass is 10.1. The molecule has 4 rings (SSSR count). The van der Waals surface area contributed by atoms with Crippen LogP contribution in [0.1, 0.15) is 23.8 Å². The van der Waals surface area contributed by atoms with Crippen molar-refractivity contribution in [2.24, 2.45) is 0 Å². The first kappa shape index (κ1) is 17.9. The molecule has 2 aromatic carbocycles. The highest BCUT2D eigenvalue weighted by Gasteiger charge is 2.36. The summed E-state index contributed by atoms with van der Waals surface area (Å²) in [7, 11) is 0. The van der Waals surface area contributed by atoms with E-state index in [-0.39, 0.29) is 23.3 Å². The molecule has 2 heterocycles. The van der Waals surface area contributed by atoms with Crippen LogP contribution in [0.2, 0.25) is 10.0 Å². The summed E-state index contributed by atoms with van der Waals surface area (Å²) in [5.74, 6) is -0.112. The number of carbonyl (C=O) groups is 1. The molecule has 0 saturated carbocycles. The summed E-state index contributed by atoms with van der Waals surface area (Å²) in [6.07, 6.45) is 0.262. The van der Waals surface area contributed by atoms with Crippen LogP contribution in [-0.4, -0.2) is 22.6 Å². The minimum absolute atomic E-state index is 0.0162. The first-order valence-corrected chi connectivity index (χ1v) is 9.04. The number of halogens is 3. The minimum Gasteiger partial charge on any atom is -0.339 e. The molecule has 1 aliphatic rings. The summed E-state index contributed by atoms with van der Waals surface area (Å²) in [4.78, 5) is 18.6. The molecule has 0 N–H and O–H groups in total. The Morgan fingerprint density at radius 1 is 1.22 bits per heavy atom. The first-order chi connectivity index (χ1) is 12.9. The van der Waals surface area contributed by atoms with Crippen LogP contribution in [0.25, 0.3) is 11.4 Å². The Morgan fingerprint density at radius 2 is 2.04 bits per heavy atom. The third kappa shape index (κ3) is 3.31. The topological polar surface area (TPSA) is 59.2 Å². The molecule has 0 bridgehead atoms. The molecular weight excluding hydrogens is 392 g/mol. The third-order valence-electron chi connectivity index (χ3n) is 4.62. The van der Waals surface area contributed by atoms with E-state index in [2.05, 4.69) is 10.1 Å². The van der Waals surface area contributed by atoms with Crippen molar-refractivity contribution in [2.75, 3.05) is 11.4 Å². The molecule has 3 aromatic rings. The molecule has 1 fully saturated rings. The Bertz CT molecular complexity index is 1040. The number of nitrogens with zero attached hydrogens (tertiary/aromatic N) is 3. The number of hydrogen-bond acceptors (Lipinski definition) is 4. The van der Waals surface area contributed by atoms with Crippen LogP contribution < -0.4 is 4.90 Å². The summed E-state index contributed by atoms with van der Waals surface area (Å²) >= 11 is 12.0. The van der Waals surface area contributed by atoms with E-state index in [9.17, 15) is 9.18 Å². The molecular formula is C19H14Cl2FN3O2. The van der Waals surface area contributed by atoms with E-state index < -0.39 is 5.82 Å². The zero-order chi connectivity index (χ0) is 19.1. The van der Waals surface area contributed by atoms with Crippen LogP contribution in [0.3, 0.4) is 0 Å². The van der Waals surface area contributed by atoms with Crippen molar-refractivity contribution in [1.82, 2.24) is 10.1 Å². The predicted octanol–water partition coefficient (Wildman–Crippen LogP) is 5.01. The molecule has 1 unspecified atom stereocenters. The van der Waals surface area contributed by atoms with Crippen LogP contribution in [-0.2, 0) is 4.79 Å². The van der Waals surface area contributed by atoms with Gasteiger partial charge in [-0.15, -0.1) is 0 Å². The number of anilines is 1. The zero-order valence-electron chi connectivity index (χ0n) is 14.2. The highest BCUT2D eigenvalue weighted by molar-refractivity contribution is 6.32. The van der Waals surface area contributed by atoms with Crippen molar-refractivity contribution in [1.29, 1.82) is 0 Å². The second kappa shape index (κ2) is 6.94. The maximum atomic E-state index is 13.3. The van der Waals surface area contributed by atoms with Crippen molar-refractivity contribution in [3.8, 4) is 11.4 Å². The van der Waals surface area contributed by atoms with Gasteiger partial charge in [0.05, 0.1) is 10.9 Å². The van der Waals surface area contributed by atoms with Gasteiger partial charge >= 0.3 is 0 Å². The lowest BCUT2D eigenvalue weighted by molar-refractivity contribution is -0.117. The van der Waals surface area contributed by atoms with E-state index in [1.54, 1.807) is 11.0 Å². The van der Waals surface area contributed by atoms with Gasteiger partial charge in [0.15, 0.2) is 0 Å². The first-order valence-electron chi connectivity index (χ1n) is 8.28. The van der Waals surface area contributed by atoms with Gasteiger partial charge in [0, 0.05) is 29.2 Å². The maximum absolute atomic E-state index is 13.3. The molecule has 0 spiro atoms. The average Bonchev–Trinajstić information content (AvgIpc) is 3.27. The van der Waals surface area contributed by atoms with Gasteiger partial charge in [-0.2, -0.15) is 4.98 Å². The number of rotatable bonds is 3. The van der Waals surface area contributed by atoms with E-state index in [0.717, 1.165) is 11.3 Å². The van der Waals surface area contributed by atoms with Gasteiger partial charge in [-0.1, -0.05) is 34.4 Å². The van der Waals surface area contributed by atoms with Crippen LogP contribution in [0.4, 0.5) is 10.1 Å². The maximum Gasteiger partial charge on any atom is 0.232 e. The Balaban J connectivity index is 1.59. The summed E-state index contributed by atoms with van der Waals surface area (Å²) in [5.41, 5.74) is 2.17. The van der Waals surface area contributed by atoms with Crippen LogP contribution >= 0.6 is 23.2 Å². The summed E-state index contributed by atoms with van der Waals surface area (Å²) in [6, 6.07) is 9.67. The predicted molar refractivity (Wildman–Crippen MR) is 101 cm³/mol. The van der Waals surface area contributed by atoms with Crippen LogP contribution in [0.15, 0.2) is 40.9 Å². The highest BCUT2D eigenvalue weighted by atomic mass is 35.5. The van der Waals surface area contributed by atoms with Crippen LogP contribution in [0.5, 0.6) is 0 Å². The molecule has 8 heteroatoms. The van der Waals surface area contributed by atoms with Crippen molar-refractivity contribution in [3.63, 3.8) is 0 Å². The Hall–Kier alpha value is -2.44. The van der Waals surface area contributed by atoms with Crippen LogP contribution in [0, 0.1) is 12.7 Å². The van der Waals surface area contributed by atoms with E-state index in [1.807, 2.05) is 19.1 Å². The van der Waals surface area contributed by atoms with Gasteiger partial charge in [-0.3, -0.25) is 4.79 Å². The number of carbonyl (C=O) groups excluding carboxylic acids is 1. The van der Waals surface area contributed by atoms with E-state index in [1.165, 1.54) is 18.2 Å². The SMILES string of the molecule is Cc1c(Cl)cccc1N1CC(c2nc(-c3ccc(F)c(Cl)c3)no2)CC1=O. The lowest BCUT2D eigenvalue weighted by Gasteiger charge is -2.19. The molecule has 1 saturated heterocycles. The zero-order valence-corrected chi connectivity index (χ0v) is 15.8. The smallest absolute Gasteiger partial charge is 0.232 e. The number of amides is 1. The van der Waals surface area contributed by atoms with Gasteiger partial charge in [0.1, 0.15) is 5.82 Å². The second-order valence-corrected chi connectivity index (χ2v) is 7.19. The van der Waals surface area contributed by atoms with E-state index in [0.29, 0.717) is 28.8 Å². The van der Waals surface area contributed by atoms with E-state index in [4.69, 9.17) is 27.7 Å². The highest BCUT2D eigenvalue weighted by Crippen LogP contribution is 2.35. The van der Waals surface area contributed by atoms with Gasteiger partial charge < -0.3 is 9.42 Å². The third-order valence-corrected chi connectivity index (χ3v) is 5.32. The molecule has 0 radical (unpaired) electrons.